The average molecular weight is 228 g/mol. The fraction of sp³-hybridized carbons (Fsp3) is 0.200. The molecule has 0 spiro atoms. The molecule has 3 rings (SSSR count). The van der Waals surface area contributed by atoms with Crippen molar-refractivity contribution in [1.29, 1.82) is 0 Å². The normalized spacial score (nSPS) is 19.8. The van der Waals surface area contributed by atoms with E-state index in [4.69, 9.17) is 0 Å². The fourth-order valence-electron chi connectivity index (χ4n) is 2.79. The average Bonchev–Trinajstić information content (AvgIpc) is 2.31. The monoisotopic (exact) mass is 228 g/mol. The van der Waals surface area contributed by atoms with Gasteiger partial charge in [0.05, 0.1) is 0 Å². The molecule has 1 aliphatic rings. The molecule has 0 radical (unpaired) electrons. The molecular weight excluding hydrogens is 211 g/mol. The van der Waals surface area contributed by atoms with E-state index in [9.17, 15) is 0 Å². The molecule has 2 aromatic rings. The number of hydrogen-bond acceptors (Lipinski definition) is 0. The molecule has 16 heavy (non-hydrogen) atoms. The topological polar surface area (TPSA) is 0 Å². The van der Waals surface area contributed by atoms with Gasteiger partial charge in [0.2, 0.25) is 0 Å². The SMILES string of the molecule is c1ccc([PH]2(c3ccccc3)CCC2)cc1. The number of hydrogen-bond donors (Lipinski definition) is 0. The molecule has 0 aliphatic carbocycles. The molecular formula is C15H17P. The Bertz CT molecular complexity index is 416. The summed E-state index contributed by atoms with van der Waals surface area (Å²) in [5.74, 6) is 0. The summed E-state index contributed by atoms with van der Waals surface area (Å²) in [6, 6.07) is 22.3. The third kappa shape index (κ3) is 1.49. The Labute approximate surface area is 97.7 Å². The molecule has 0 aromatic heterocycles. The summed E-state index contributed by atoms with van der Waals surface area (Å²) in [4.78, 5) is 0. The van der Waals surface area contributed by atoms with Crippen LogP contribution in [0.15, 0.2) is 60.7 Å². The van der Waals surface area contributed by atoms with E-state index in [0.29, 0.717) is 0 Å². The quantitative estimate of drug-likeness (QED) is 0.693. The Morgan fingerprint density at radius 3 is 1.38 bits per heavy atom. The summed E-state index contributed by atoms with van der Waals surface area (Å²) in [5.41, 5.74) is 0. The maximum absolute atomic E-state index is 2.33. The van der Waals surface area contributed by atoms with Gasteiger partial charge in [-0.05, 0) is 0 Å². The molecule has 1 heteroatoms. The maximum atomic E-state index is 2.33. The van der Waals surface area contributed by atoms with Crippen molar-refractivity contribution in [2.45, 2.75) is 6.42 Å². The van der Waals surface area contributed by atoms with Crippen molar-refractivity contribution >= 4 is 17.9 Å². The summed E-state index contributed by atoms with van der Waals surface area (Å²) < 4.78 is 0. The van der Waals surface area contributed by atoms with Crippen LogP contribution in [-0.2, 0) is 0 Å². The van der Waals surface area contributed by atoms with Gasteiger partial charge in [-0.3, -0.25) is 0 Å². The molecule has 0 atom stereocenters. The van der Waals surface area contributed by atoms with Gasteiger partial charge in [0.25, 0.3) is 0 Å². The third-order valence-corrected chi connectivity index (χ3v) is 9.15. The van der Waals surface area contributed by atoms with Gasteiger partial charge in [0, 0.05) is 0 Å². The fourth-order valence-corrected chi connectivity index (χ4v) is 7.00. The first-order valence-corrected chi connectivity index (χ1v) is 8.44. The van der Waals surface area contributed by atoms with Crippen LogP contribution in [0.4, 0.5) is 0 Å². The minimum absolute atomic E-state index is 1.30. The van der Waals surface area contributed by atoms with Crippen LogP contribution in [0, 0.1) is 0 Å². The molecule has 0 nitrogen and oxygen atoms in total. The molecule has 82 valence electrons. The van der Waals surface area contributed by atoms with Gasteiger partial charge in [-0.15, -0.1) is 0 Å². The van der Waals surface area contributed by atoms with Crippen LogP contribution >= 0.6 is 7.26 Å². The molecule has 1 aliphatic heterocycles. The second kappa shape index (κ2) is 4.03. The van der Waals surface area contributed by atoms with Crippen LogP contribution in [0.5, 0.6) is 0 Å². The summed E-state index contributed by atoms with van der Waals surface area (Å²) in [5, 5.41) is 3.24. The van der Waals surface area contributed by atoms with Crippen LogP contribution in [0.1, 0.15) is 6.42 Å². The van der Waals surface area contributed by atoms with Crippen molar-refractivity contribution in [3.05, 3.63) is 60.7 Å². The molecule has 0 unspecified atom stereocenters. The molecule has 0 N–H and O–H groups in total. The van der Waals surface area contributed by atoms with Gasteiger partial charge < -0.3 is 0 Å². The Kier molecular flexibility index (Phi) is 2.53. The molecule has 1 heterocycles. The number of benzene rings is 2. The van der Waals surface area contributed by atoms with Crippen LogP contribution in [0.25, 0.3) is 0 Å². The first-order valence-electron chi connectivity index (χ1n) is 6.03. The van der Waals surface area contributed by atoms with Crippen LogP contribution in [-0.4, -0.2) is 12.3 Å². The summed E-state index contributed by atoms with van der Waals surface area (Å²) in [6.07, 6.45) is 4.28. The van der Waals surface area contributed by atoms with E-state index in [1.54, 1.807) is 10.6 Å². The molecule has 0 bridgehead atoms. The van der Waals surface area contributed by atoms with Crippen molar-refractivity contribution in [1.82, 2.24) is 0 Å². The van der Waals surface area contributed by atoms with E-state index in [1.807, 2.05) is 0 Å². The van der Waals surface area contributed by atoms with E-state index in [0.717, 1.165) is 0 Å². The Morgan fingerprint density at radius 1 is 0.625 bits per heavy atom. The van der Waals surface area contributed by atoms with Gasteiger partial charge in [0.1, 0.15) is 0 Å². The van der Waals surface area contributed by atoms with Crippen molar-refractivity contribution in [2.24, 2.45) is 0 Å². The summed E-state index contributed by atoms with van der Waals surface area (Å²) in [6.45, 7) is 0. The van der Waals surface area contributed by atoms with Crippen LogP contribution in [0.3, 0.4) is 0 Å². The van der Waals surface area contributed by atoms with Crippen molar-refractivity contribution in [2.75, 3.05) is 12.3 Å². The molecule has 0 saturated carbocycles. The van der Waals surface area contributed by atoms with Gasteiger partial charge in [-0.1, -0.05) is 0 Å². The van der Waals surface area contributed by atoms with Gasteiger partial charge in [-0.2, -0.15) is 0 Å². The zero-order valence-electron chi connectivity index (χ0n) is 9.39. The molecule has 0 amide bonds. The molecule has 2 aromatic carbocycles. The standard InChI is InChI=1S/C15H17P/c1-3-8-14(9-4-1)16(12-7-13-16)15-10-5-2-6-11-15/h1-6,8-11,16H,7,12-13H2. The summed E-state index contributed by atoms with van der Waals surface area (Å²) in [7, 11) is -1.30. The minimum atomic E-state index is -1.30. The van der Waals surface area contributed by atoms with E-state index in [-0.39, 0.29) is 0 Å². The predicted octanol–water partition coefficient (Wildman–Crippen LogP) is 2.79. The van der Waals surface area contributed by atoms with Gasteiger partial charge in [-0.25, -0.2) is 0 Å². The zero-order valence-corrected chi connectivity index (χ0v) is 10.4. The first-order chi connectivity index (χ1) is 7.92. The Hall–Kier alpha value is -1.13. The van der Waals surface area contributed by atoms with Crippen LogP contribution in [0.2, 0.25) is 0 Å². The predicted molar refractivity (Wildman–Crippen MR) is 74.8 cm³/mol. The number of rotatable bonds is 2. The van der Waals surface area contributed by atoms with Crippen molar-refractivity contribution in [3.63, 3.8) is 0 Å². The van der Waals surface area contributed by atoms with E-state index >= 15 is 0 Å². The van der Waals surface area contributed by atoms with Crippen LogP contribution < -0.4 is 10.6 Å². The van der Waals surface area contributed by atoms with Gasteiger partial charge >= 0.3 is 97.3 Å². The second-order valence-electron chi connectivity index (χ2n) is 4.67. The van der Waals surface area contributed by atoms with Gasteiger partial charge in [0.15, 0.2) is 0 Å². The second-order valence-corrected chi connectivity index (χ2v) is 8.99. The molecule has 1 saturated heterocycles. The van der Waals surface area contributed by atoms with E-state index in [2.05, 4.69) is 60.7 Å². The first kappa shape index (κ1) is 10.1. The summed E-state index contributed by atoms with van der Waals surface area (Å²) >= 11 is 0. The van der Waals surface area contributed by atoms with E-state index in [1.165, 1.54) is 18.7 Å². The Balaban J connectivity index is 2.08. The van der Waals surface area contributed by atoms with Crippen molar-refractivity contribution in [3.8, 4) is 0 Å². The Morgan fingerprint density at radius 2 is 1.06 bits per heavy atom. The zero-order chi connectivity index (χ0) is 10.8. The van der Waals surface area contributed by atoms with Crippen molar-refractivity contribution < 1.29 is 0 Å². The third-order valence-electron chi connectivity index (χ3n) is 3.86. The van der Waals surface area contributed by atoms with E-state index < -0.39 is 7.26 Å². The molecule has 1 fully saturated rings.